The first kappa shape index (κ1) is 14.3. The average molecular weight is 262 g/mol. The summed E-state index contributed by atoms with van der Waals surface area (Å²) in [7, 11) is 0. The average Bonchev–Trinajstić information content (AvgIpc) is 2.70. The second-order valence-electron chi connectivity index (χ2n) is 4.82. The van der Waals surface area contributed by atoms with Crippen LogP contribution in [0.25, 0.3) is 0 Å². The lowest BCUT2D eigenvalue weighted by Crippen LogP contribution is -2.58. The fourth-order valence-corrected chi connectivity index (χ4v) is 2.44. The van der Waals surface area contributed by atoms with Crippen molar-refractivity contribution in [3.05, 3.63) is 0 Å². The van der Waals surface area contributed by atoms with Gasteiger partial charge in [-0.3, -0.25) is 9.59 Å². The Morgan fingerprint density at radius 3 is 2.59 bits per heavy atom. The lowest BCUT2D eigenvalue weighted by Gasteiger charge is -2.28. The van der Waals surface area contributed by atoms with E-state index in [1.807, 2.05) is 0 Å². The first-order valence-electron chi connectivity index (χ1n) is 5.99. The number of amides is 2. The quantitative estimate of drug-likeness (QED) is 0.658. The van der Waals surface area contributed by atoms with Crippen molar-refractivity contribution >= 4 is 24.2 Å². The number of nitrogens with two attached hydrogens (primary N) is 1. The third-order valence-corrected chi connectivity index (χ3v) is 3.54. The van der Waals surface area contributed by atoms with E-state index in [1.165, 1.54) is 0 Å². The van der Waals surface area contributed by atoms with Gasteiger partial charge in [-0.25, -0.2) is 0 Å². The van der Waals surface area contributed by atoms with Gasteiger partial charge >= 0.3 is 0 Å². The van der Waals surface area contributed by atoms with Crippen molar-refractivity contribution in [2.24, 2.45) is 5.73 Å². The van der Waals surface area contributed by atoms with Crippen molar-refractivity contribution in [3.8, 4) is 0 Å². The molecule has 98 valence electrons. The van der Waals surface area contributed by atoms with Crippen LogP contribution in [0.5, 0.6) is 0 Å². The lowest BCUT2D eigenvalue weighted by molar-refractivity contribution is -0.132. The van der Waals surface area contributed by atoms with Crippen molar-refractivity contribution in [3.63, 3.8) is 0 Å². The number of hydrogen-bond donors (Lipinski definition) is 3. The molecule has 2 rings (SSSR count). The normalized spacial score (nSPS) is 26.9. The maximum Gasteiger partial charge on any atom is 0.242 e. The number of carbonyl (C=O) groups excluding carboxylic acids is 2. The van der Waals surface area contributed by atoms with Crippen LogP contribution in [0.15, 0.2) is 0 Å². The molecule has 4 N–H and O–H groups in total. The molecule has 2 amide bonds. The standard InChI is InChI=1S/C11H19N3O2.ClH/c12-11(5-1-2-6-11)10(16)14-8-4-3-7-13-9(8)15;/h8H,1-7,12H2,(H,13,15)(H,14,16);1H. The van der Waals surface area contributed by atoms with Crippen LogP contribution < -0.4 is 16.4 Å². The summed E-state index contributed by atoms with van der Waals surface area (Å²) in [5.41, 5.74) is 5.28. The zero-order valence-corrected chi connectivity index (χ0v) is 10.6. The predicted molar refractivity (Wildman–Crippen MR) is 66.8 cm³/mol. The Morgan fingerprint density at radius 1 is 1.35 bits per heavy atom. The van der Waals surface area contributed by atoms with Crippen molar-refractivity contribution < 1.29 is 9.59 Å². The van der Waals surface area contributed by atoms with Crippen LogP contribution in [0.3, 0.4) is 0 Å². The number of hydrogen-bond acceptors (Lipinski definition) is 3. The van der Waals surface area contributed by atoms with Crippen LogP contribution >= 0.6 is 12.4 Å². The highest BCUT2D eigenvalue weighted by atomic mass is 35.5. The fourth-order valence-electron chi connectivity index (χ4n) is 2.44. The van der Waals surface area contributed by atoms with E-state index in [0.717, 1.165) is 32.1 Å². The van der Waals surface area contributed by atoms with Crippen LogP contribution in [-0.4, -0.2) is 29.9 Å². The molecule has 0 aromatic carbocycles. The number of carbonyl (C=O) groups is 2. The van der Waals surface area contributed by atoms with Crippen LogP contribution in [-0.2, 0) is 9.59 Å². The van der Waals surface area contributed by atoms with Gasteiger partial charge in [0.25, 0.3) is 0 Å². The Morgan fingerprint density at radius 2 is 2.00 bits per heavy atom. The molecule has 1 atom stereocenters. The molecule has 0 bridgehead atoms. The van der Waals surface area contributed by atoms with E-state index in [9.17, 15) is 9.59 Å². The van der Waals surface area contributed by atoms with Crippen LogP contribution in [0.1, 0.15) is 38.5 Å². The van der Waals surface area contributed by atoms with Crippen LogP contribution in [0, 0.1) is 0 Å². The summed E-state index contributed by atoms with van der Waals surface area (Å²) in [5.74, 6) is -0.242. The van der Waals surface area contributed by atoms with E-state index in [1.54, 1.807) is 0 Å². The molecule has 0 radical (unpaired) electrons. The van der Waals surface area contributed by atoms with Gasteiger partial charge in [0, 0.05) is 6.54 Å². The summed E-state index contributed by atoms with van der Waals surface area (Å²) in [4.78, 5) is 23.4. The highest BCUT2D eigenvalue weighted by Gasteiger charge is 2.38. The number of piperidine rings is 1. The Hall–Kier alpha value is -0.810. The van der Waals surface area contributed by atoms with Crippen molar-refractivity contribution in [2.75, 3.05) is 6.54 Å². The Labute approximate surface area is 107 Å². The van der Waals surface area contributed by atoms with E-state index in [-0.39, 0.29) is 30.3 Å². The Bertz CT molecular complexity index is 303. The second-order valence-corrected chi connectivity index (χ2v) is 4.82. The zero-order chi connectivity index (χ0) is 11.6. The van der Waals surface area contributed by atoms with Crippen LogP contribution in [0.4, 0.5) is 0 Å². The first-order valence-corrected chi connectivity index (χ1v) is 5.99. The van der Waals surface area contributed by atoms with Gasteiger partial charge in [0.15, 0.2) is 0 Å². The molecule has 0 spiro atoms. The molecule has 1 heterocycles. The van der Waals surface area contributed by atoms with Gasteiger partial charge < -0.3 is 16.4 Å². The van der Waals surface area contributed by atoms with Gasteiger partial charge in [0.2, 0.25) is 11.8 Å². The SMILES string of the molecule is Cl.NC1(C(=O)NC2CCCNC2=O)CCCC1. The topological polar surface area (TPSA) is 84.2 Å². The molecular formula is C11H20ClN3O2. The molecule has 2 fully saturated rings. The Balaban J connectivity index is 0.00000144. The number of nitrogens with one attached hydrogen (secondary N) is 2. The zero-order valence-electron chi connectivity index (χ0n) is 9.83. The van der Waals surface area contributed by atoms with Gasteiger partial charge in [-0.05, 0) is 25.7 Å². The molecule has 1 saturated heterocycles. The molecule has 0 aromatic heterocycles. The van der Waals surface area contributed by atoms with Gasteiger partial charge in [0.05, 0.1) is 5.54 Å². The maximum atomic E-state index is 12.0. The number of rotatable bonds is 2. The Kier molecular flexibility index (Phi) is 4.77. The summed E-state index contributed by atoms with van der Waals surface area (Å²) < 4.78 is 0. The summed E-state index contributed by atoms with van der Waals surface area (Å²) in [6, 6.07) is -0.387. The van der Waals surface area contributed by atoms with Crippen molar-refractivity contribution in [1.82, 2.24) is 10.6 Å². The van der Waals surface area contributed by atoms with Gasteiger partial charge in [-0.2, -0.15) is 0 Å². The largest absolute Gasteiger partial charge is 0.354 e. The lowest BCUT2D eigenvalue weighted by atomic mass is 9.96. The molecule has 1 aliphatic carbocycles. The van der Waals surface area contributed by atoms with Gasteiger partial charge in [-0.15, -0.1) is 12.4 Å². The summed E-state index contributed by atoms with van der Waals surface area (Å²) in [6.07, 6.45) is 5.09. The monoisotopic (exact) mass is 261 g/mol. The third-order valence-electron chi connectivity index (χ3n) is 3.54. The smallest absolute Gasteiger partial charge is 0.242 e. The molecule has 1 unspecified atom stereocenters. The van der Waals surface area contributed by atoms with Gasteiger partial charge in [0.1, 0.15) is 6.04 Å². The molecule has 6 heteroatoms. The molecule has 2 aliphatic rings. The minimum Gasteiger partial charge on any atom is -0.354 e. The molecule has 1 aliphatic heterocycles. The summed E-state index contributed by atoms with van der Waals surface area (Å²) >= 11 is 0. The van der Waals surface area contributed by atoms with E-state index in [4.69, 9.17) is 5.73 Å². The second kappa shape index (κ2) is 5.69. The predicted octanol–water partition coefficient (Wildman–Crippen LogP) is 0.0745. The van der Waals surface area contributed by atoms with E-state index in [0.29, 0.717) is 13.0 Å². The molecule has 0 aromatic rings. The minimum atomic E-state index is -0.738. The summed E-state index contributed by atoms with van der Waals surface area (Å²) in [5, 5.41) is 5.52. The van der Waals surface area contributed by atoms with E-state index >= 15 is 0 Å². The number of halogens is 1. The maximum absolute atomic E-state index is 12.0. The highest BCUT2D eigenvalue weighted by molar-refractivity contribution is 5.92. The van der Waals surface area contributed by atoms with Gasteiger partial charge in [-0.1, -0.05) is 12.8 Å². The molecule has 17 heavy (non-hydrogen) atoms. The van der Waals surface area contributed by atoms with Crippen molar-refractivity contribution in [1.29, 1.82) is 0 Å². The third kappa shape index (κ3) is 3.10. The van der Waals surface area contributed by atoms with E-state index < -0.39 is 5.54 Å². The molecule has 5 nitrogen and oxygen atoms in total. The molecular weight excluding hydrogens is 242 g/mol. The van der Waals surface area contributed by atoms with Crippen molar-refractivity contribution in [2.45, 2.75) is 50.1 Å². The van der Waals surface area contributed by atoms with Crippen LogP contribution in [0.2, 0.25) is 0 Å². The minimum absolute atomic E-state index is 0. The van der Waals surface area contributed by atoms with E-state index in [2.05, 4.69) is 10.6 Å². The molecule has 1 saturated carbocycles. The first-order chi connectivity index (χ1) is 7.62. The summed E-state index contributed by atoms with van der Waals surface area (Å²) in [6.45, 7) is 0.707. The highest BCUT2D eigenvalue weighted by Crippen LogP contribution is 2.27. The fraction of sp³-hybridized carbons (Fsp3) is 0.818.